The summed E-state index contributed by atoms with van der Waals surface area (Å²) in [5.74, 6) is -0.448. The molecule has 7 nitrogen and oxygen atoms in total. The largest absolute Gasteiger partial charge is 0.444 e. The predicted molar refractivity (Wildman–Crippen MR) is 162 cm³/mol. The maximum Gasteiger partial charge on any atom is 0.408 e. The third-order valence-corrected chi connectivity index (χ3v) is 6.67. The highest BCUT2D eigenvalue weighted by molar-refractivity contribution is 5.99. The Morgan fingerprint density at radius 1 is 0.950 bits per heavy atom. The van der Waals surface area contributed by atoms with Gasteiger partial charge < -0.3 is 20.3 Å². The Kier molecular flexibility index (Phi) is 12.2. The lowest BCUT2D eigenvalue weighted by molar-refractivity contribution is -0.141. The van der Waals surface area contributed by atoms with Crippen molar-refractivity contribution in [1.82, 2.24) is 10.2 Å². The first-order valence-corrected chi connectivity index (χ1v) is 14.5. The molecule has 0 bridgehead atoms. The van der Waals surface area contributed by atoms with E-state index in [1.807, 2.05) is 77.1 Å². The summed E-state index contributed by atoms with van der Waals surface area (Å²) in [6, 6.07) is 11.9. The van der Waals surface area contributed by atoms with Gasteiger partial charge in [-0.05, 0) is 83.1 Å². The van der Waals surface area contributed by atoms with Crippen LogP contribution in [0.4, 0.5) is 10.5 Å². The van der Waals surface area contributed by atoms with Gasteiger partial charge in [0.1, 0.15) is 17.7 Å². The molecular weight excluding hydrogens is 502 g/mol. The molecule has 0 saturated heterocycles. The number of alkyl carbamates (subject to hydrolysis) is 1. The van der Waals surface area contributed by atoms with Gasteiger partial charge in [-0.1, -0.05) is 75.6 Å². The summed E-state index contributed by atoms with van der Waals surface area (Å²) >= 11 is 0. The molecule has 7 heteroatoms. The third kappa shape index (κ3) is 10.00. The summed E-state index contributed by atoms with van der Waals surface area (Å²) in [7, 11) is 0. The molecule has 0 saturated carbocycles. The summed E-state index contributed by atoms with van der Waals surface area (Å²) in [6.07, 6.45) is 2.39. The Bertz CT molecular complexity index is 1150. The molecule has 40 heavy (non-hydrogen) atoms. The average Bonchev–Trinajstić information content (AvgIpc) is 2.84. The fourth-order valence-electron chi connectivity index (χ4n) is 4.66. The number of aryl methyl sites for hydroxylation is 3. The predicted octanol–water partition coefficient (Wildman–Crippen LogP) is 7.25. The number of hydrogen-bond donors (Lipinski definition) is 2. The third-order valence-electron chi connectivity index (χ3n) is 6.67. The molecule has 0 aliphatic heterocycles. The molecule has 220 valence electrons. The molecular formula is C33H49N3O4. The van der Waals surface area contributed by atoms with Crippen LogP contribution in [0, 0.1) is 26.7 Å². The van der Waals surface area contributed by atoms with Crippen LogP contribution < -0.4 is 10.6 Å². The Balaban J connectivity index is 2.61. The lowest BCUT2D eigenvalue weighted by Gasteiger charge is -2.36. The van der Waals surface area contributed by atoms with Gasteiger partial charge in [-0.25, -0.2) is 4.79 Å². The maximum absolute atomic E-state index is 14.4. The number of nitrogens with one attached hydrogen (secondary N) is 2. The van der Waals surface area contributed by atoms with Gasteiger partial charge in [-0.15, -0.1) is 0 Å². The van der Waals surface area contributed by atoms with E-state index in [4.69, 9.17) is 4.74 Å². The summed E-state index contributed by atoms with van der Waals surface area (Å²) in [5, 5.41) is 5.91. The Morgan fingerprint density at radius 3 is 2.23 bits per heavy atom. The number of amides is 3. The van der Waals surface area contributed by atoms with Crippen LogP contribution in [0.15, 0.2) is 42.5 Å². The number of unbranched alkanes of at least 4 members (excludes halogenated alkanes) is 2. The van der Waals surface area contributed by atoms with Gasteiger partial charge in [-0.2, -0.15) is 0 Å². The second kappa shape index (κ2) is 14.9. The van der Waals surface area contributed by atoms with Crippen molar-refractivity contribution in [2.24, 2.45) is 5.92 Å². The summed E-state index contributed by atoms with van der Waals surface area (Å²) in [5.41, 5.74) is 3.63. The van der Waals surface area contributed by atoms with E-state index in [1.54, 1.807) is 25.7 Å². The SMILES string of the molecule is CCCCCN(C(=O)C(CC(C)C)NC(=O)OC(C)(C)C)C(C(=O)Nc1ccccc1C)c1cc(C)ccc1C. The topological polar surface area (TPSA) is 87.7 Å². The Morgan fingerprint density at radius 2 is 1.62 bits per heavy atom. The highest BCUT2D eigenvalue weighted by Crippen LogP contribution is 2.29. The van der Waals surface area contributed by atoms with E-state index in [1.165, 1.54) is 0 Å². The zero-order valence-corrected chi connectivity index (χ0v) is 25.9. The number of nitrogens with zero attached hydrogens (tertiary/aromatic N) is 1. The number of benzene rings is 2. The second-order valence-corrected chi connectivity index (χ2v) is 12.1. The van der Waals surface area contributed by atoms with E-state index in [0.29, 0.717) is 18.7 Å². The van der Waals surface area contributed by atoms with Gasteiger partial charge in [0.05, 0.1) is 0 Å². The molecule has 0 aliphatic carbocycles. The highest BCUT2D eigenvalue weighted by Gasteiger charge is 2.37. The number of carbonyl (C=O) groups is 3. The number of rotatable bonds is 12. The van der Waals surface area contributed by atoms with Crippen LogP contribution in [0.3, 0.4) is 0 Å². The molecule has 3 amide bonds. The molecule has 2 N–H and O–H groups in total. The number of ether oxygens (including phenoxy) is 1. The second-order valence-electron chi connectivity index (χ2n) is 12.1. The average molecular weight is 552 g/mol. The molecule has 2 rings (SSSR count). The van der Waals surface area contributed by atoms with Crippen LogP contribution in [-0.4, -0.2) is 41.0 Å². The van der Waals surface area contributed by atoms with Crippen molar-refractivity contribution < 1.29 is 19.1 Å². The summed E-state index contributed by atoms with van der Waals surface area (Å²) < 4.78 is 5.50. The first-order chi connectivity index (χ1) is 18.7. The van der Waals surface area contributed by atoms with Crippen molar-refractivity contribution >= 4 is 23.6 Å². The van der Waals surface area contributed by atoms with Crippen LogP contribution in [0.2, 0.25) is 0 Å². The van der Waals surface area contributed by atoms with Crippen LogP contribution in [0.5, 0.6) is 0 Å². The molecule has 0 aliphatic rings. The number of anilines is 1. The van der Waals surface area contributed by atoms with E-state index in [-0.39, 0.29) is 17.7 Å². The van der Waals surface area contributed by atoms with E-state index in [0.717, 1.165) is 41.5 Å². The molecule has 0 spiro atoms. The van der Waals surface area contributed by atoms with E-state index < -0.39 is 23.8 Å². The van der Waals surface area contributed by atoms with Crippen LogP contribution >= 0.6 is 0 Å². The number of para-hydroxylation sites is 1. The lowest BCUT2D eigenvalue weighted by atomic mass is 9.94. The van der Waals surface area contributed by atoms with Gasteiger partial charge in [0.2, 0.25) is 5.91 Å². The summed E-state index contributed by atoms with van der Waals surface area (Å²) in [4.78, 5) is 43.0. The molecule has 0 heterocycles. The molecule has 0 aromatic heterocycles. The molecule has 0 fully saturated rings. The van der Waals surface area contributed by atoms with Crippen LogP contribution in [0.1, 0.15) is 95.5 Å². The Hall–Kier alpha value is -3.35. The van der Waals surface area contributed by atoms with Crippen LogP contribution in [0.25, 0.3) is 0 Å². The molecule has 2 atom stereocenters. The van der Waals surface area contributed by atoms with Crippen molar-refractivity contribution in [2.45, 2.75) is 106 Å². The van der Waals surface area contributed by atoms with E-state index in [9.17, 15) is 14.4 Å². The maximum atomic E-state index is 14.4. The zero-order valence-electron chi connectivity index (χ0n) is 25.9. The summed E-state index contributed by atoms with van der Waals surface area (Å²) in [6.45, 7) is 17.7. The monoisotopic (exact) mass is 551 g/mol. The molecule has 2 unspecified atom stereocenters. The van der Waals surface area contributed by atoms with Crippen molar-refractivity contribution in [3.63, 3.8) is 0 Å². The first-order valence-electron chi connectivity index (χ1n) is 14.5. The molecule has 2 aromatic rings. The Labute approximate surface area is 241 Å². The fourth-order valence-corrected chi connectivity index (χ4v) is 4.66. The van der Waals surface area contributed by atoms with Crippen molar-refractivity contribution in [3.05, 3.63) is 64.7 Å². The molecule has 0 radical (unpaired) electrons. The minimum Gasteiger partial charge on any atom is -0.444 e. The smallest absolute Gasteiger partial charge is 0.408 e. The standard InChI is InChI=1S/C33H49N3O4/c1-10-11-14-19-36(31(38)28(20-22(2)3)35-32(39)40-33(7,8)9)29(26-21-23(4)17-18-24(26)5)30(37)34-27-16-13-12-15-25(27)6/h12-13,15-18,21-22,28-29H,10-11,14,19-20H2,1-9H3,(H,34,37)(H,35,39). The van der Waals surface area contributed by atoms with Gasteiger partial charge in [-0.3, -0.25) is 9.59 Å². The van der Waals surface area contributed by atoms with Crippen molar-refractivity contribution in [1.29, 1.82) is 0 Å². The lowest BCUT2D eigenvalue weighted by Crippen LogP contribution is -2.53. The minimum atomic E-state index is -0.876. The van der Waals surface area contributed by atoms with E-state index >= 15 is 0 Å². The van der Waals surface area contributed by atoms with Gasteiger partial charge in [0, 0.05) is 12.2 Å². The fraction of sp³-hybridized carbons (Fsp3) is 0.545. The number of carbonyl (C=O) groups excluding carboxylic acids is 3. The quantitative estimate of drug-likeness (QED) is 0.272. The van der Waals surface area contributed by atoms with E-state index in [2.05, 4.69) is 17.6 Å². The van der Waals surface area contributed by atoms with Crippen LogP contribution in [-0.2, 0) is 14.3 Å². The van der Waals surface area contributed by atoms with Gasteiger partial charge in [0.15, 0.2) is 0 Å². The van der Waals surface area contributed by atoms with Gasteiger partial charge in [0.25, 0.3) is 5.91 Å². The van der Waals surface area contributed by atoms with Crippen molar-refractivity contribution in [3.8, 4) is 0 Å². The minimum absolute atomic E-state index is 0.126. The first kappa shape index (κ1) is 32.9. The normalized spacial score (nSPS) is 12.9. The highest BCUT2D eigenvalue weighted by atomic mass is 16.6. The van der Waals surface area contributed by atoms with Crippen molar-refractivity contribution in [2.75, 3.05) is 11.9 Å². The number of hydrogen-bond acceptors (Lipinski definition) is 4. The van der Waals surface area contributed by atoms with Gasteiger partial charge >= 0.3 is 6.09 Å². The molecule has 2 aromatic carbocycles. The zero-order chi connectivity index (χ0) is 30.0.